The minimum atomic E-state index is -0.698. The van der Waals surface area contributed by atoms with Crippen molar-refractivity contribution in [2.24, 2.45) is 35.0 Å². The first kappa shape index (κ1) is 13.3. The van der Waals surface area contributed by atoms with Gasteiger partial charge in [-0.25, -0.2) is 0 Å². The van der Waals surface area contributed by atoms with Gasteiger partial charge in [0.1, 0.15) is 5.78 Å². The van der Waals surface area contributed by atoms with E-state index < -0.39 is 5.60 Å². The molecule has 0 spiro atoms. The van der Waals surface area contributed by atoms with Gasteiger partial charge in [0.25, 0.3) is 0 Å². The Kier molecular flexibility index (Phi) is 2.72. The molecule has 4 saturated carbocycles. The molecule has 20 heavy (non-hydrogen) atoms. The fourth-order valence-electron chi connectivity index (χ4n) is 6.48. The van der Waals surface area contributed by atoms with Crippen molar-refractivity contribution in [3.63, 3.8) is 0 Å². The van der Waals surface area contributed by atoms with Gasteiger partial charge < -0.3 is 5.11 Å². The van der Waals surface area contributed by atoms with E-state index in [0.717, 1.165) is 31.6 Å². The van der Waals surface area contributed by atoms with Crippen LogP contribution in [0.5, 0.6) is 0 Å². The molecule has 1 N–H and O–H groups in total. The highest BCUT2D eigenvalue weighted by molar-refractivity contribution is 5.85. The van der Waals surface area contributed by atoms with Gasteiger partial charge in [-0.1, -0.05) is 6.42 Å². The second kappa shape index (κ2) is 4.09. The Bertz CT molecular complexity index is 435. The summed E-state index contributed by atoms with van der Waals surface area (Å²) < 4.78 is 0. The van der Waals surface area contributed by atoms with Gasteiger partial charge in [-0.15, -0.1) is 0 Å². The maximum atomic E-state index is 13.2. The minimum Gasteiger partial charge on any atom is -0.390 e. The molecule has 0 saturated heterocycles. The Labute approximate surface area is 122 Å². The number of hydrogen-bond donors (Lipinski definition) is 1. The van der Waals surface area contributed by atoms with E-state index in [4.69, 9.17) is 0 Å². The zero-order valence-corrected chi connectivity index (χ0v) is 12.9. The average Bonchev–Trinajstić information content (AvgIpc) is 3.14. The molecule has 4 bridgehead atoms. The highest BCUT2D eigenvalue weighted by atomic mass is 16.3. The monoisotopic (exact) mass is 276 g/mol. The molecule has 4 fully saturated rings. The smallest absolute Gasteiger partial charge is 0.140 e. The maximum Gasteiger partial charge on any atom is 0.140 e. The van der Waals surface area contributed by atoms with Crippen molar-refractivity contribution in [2.75, 3.05) is 0 Å². The highest BCUT2D eigenvalue weighted by Gasteiger charge is 2.62. The van der Waals surface area contributed by atoms with Gasteiger partial charge in [0.2, 0.25) is 0 Å². The molecule has 0 aromatic rings. The van der Waals surface area contributed by atoms with Gasteiger partial charge in [-0.3, -0.25) is 4.79 Å². The van der Waals surface area contributed by atoms with Crippen molar-refractivity contribution in [2.45, 2.75) is 70.8 Å². The van der Waals surface area contributed by atoms with Crippen molar-refractivity contribution in [3.8, 4) is 0 Å². The van der Waals surface area contributed by atoms with Gasteiger partial charge in [-0.05, 0) is 76.5 Å². The molecule has 0 heterocycles. The van der Waals surface area contributed by atoms with Crippen LogP contribution in [0.1, 0.15) is 65.2 Å². The largest absolute Gasteiger partial charge is 0.390 e. The summed E-state index contributed by atoms with van der Waals surface area (Å²) in [7, 11) is 0. The highest BCUT2D eigenvalue weighted by Crippen LogP contribution is 2.64. The standard InChI is InChI=1S/C18H28O2/c1-17(2,20)18-6-5-12(10-18)9-15(18)16(19)14-8-11-3-4-13(14)7-11/h11-15,20H,3-10H2,1-2H3. The molecule has 4 aliphatic rings. The number of rotatable bonds is 3. The van der Waals surface area contributed by atoms with Crippen molar-refractivity contribution < 1.29 is 9.90 Å². The molecule has 0 aromatic carbocycles. The summed E-state index contributed by atoms with van der Waals surface area (Å²) in [6.45, 7) is 3.89. The molecule has 2 heteroatoms. The number of hydrogen-bond acceptors (Lipinski definition) is 2. The van der Waals surface area contributed by atoms with E-state index in [2.05, 4.69) is 0 Å². The predicted octanol–water partition coefficient (Wildman–Crippen LogP) is 3.57. The lowest BCUT2D eigenvalue weighted by Gasteiger charge is -2.45. The Morgan fingerprint density at radius 2 is 1.90 bits per heavy atom. The van der Waals surface area contributed by atoms with Gasteiger partial charge in [0.05, 0.1) is 5.60 Å². The second-order valence-corrected chi connectivity index (χ2v) is 8.80. The summed E-state index contributed by atoms with van der Waals surface area (Å²) >= 11 is 0. The van der Waals surface area contributed by atoms with Crippen molar-refractivity contribution in [1.82, 2.24) is 0 Å². The van der Waals surface area contributed by atoms with E-state index in [9.17, 15) is 9.90 Å². The molecule has 0 radical (unpaired) electrons. The number of fused-ring (bicyclic) bond motifs is 4. The Balaban J connectivity index is 1.60. The van der Waals surface area contributed by atoms with E-state index in [1.54, 1.807) is 0 Å². The Morgan fingerprint density at radius 3 is 2.45 bits per heavy atom. The first-order chi connectivity index (χ1) is 9.41. The van der Waals surface area contributed by atoms with Crippen LogP contribution < -0.4 is 0 Å². The fourth-order valence-corrected chi connectivity index (χ4v) is 6.48. The topological polar surface area (TPSA) is 37.3 Å². The summed E-state index contributed by atoms with van der Waals surface area (Å²) in [5.41, 5.74) is -0.799. The lowest BCUT2D eigenvalue weighted by molar-refractivity contribution is -0.143. The van der Waals surface area contributed by atoms with Crippen LogP contribution in [0.4, 0.5) is 0 Å². The van der Waals surface area contributed by atoms with E-state index in [1.807, 2.05) is 13.8 Å². The summed E-state index contributed by atoms with van der Waals surface area (Å²) in [4.78, 5) is 13.2. The molecule has 112 valence electrons. The third-order valence-electron chi connectivity index (χ3n) is 7.55. The van der Waals surface area contributed by atoms with E-state index >= 15 is 0 Å². The van der Waals surface area contributed by atoms with Crippen LogP contribution >= 0.6 is 0 Å². The van der Waals surface area contributed by atoms with Crippen LogP contribution in [-0.2, 0) is 4.79 Å². The quantitative estimate of drug-likeness (QED) is 0.855. The molecular formula is C18H28O2. The zero-order valence-electron chi connectivity index (χ0n) is 12.9. The number of carbonyl (C=O) groups excluding carboxylic acids is 1. The minimum absolute atomic E-state index is 0.101. The SMILES string of the molecule is CC(C)(O)C12CCC(CC1C(=O)C1CC3CCC1C3)C2. The number of ketones is 1. The molecule has 6 unspecified atom stereocenters. The lowest BCUT2D eigenvalue weighted by Crippen LogP contribution is -2.49. The van der Waals surface area contributed by atoms with Crippen LogP contribution in [0.3, 0.4) is 0 Å². The van der Waals surface area contributed by atoms with Crippen molar-refractivity contribution in [3.05, 3.63) is 0 Å². The lowest BCUT2D eigenvalue weighted by atomic mass is 9.61. The van der Waals surface area contributed by atoms with Gasteiger partial charge in [0.15, 0.2) is 0 Å². The zero-order chi connectivity index (χ0) is 14.1. The molecule has 4 aliphatic carbocycles. The third kappa shape index (κ3) is 1.63. The first-order valence-electron chi connectivity index (χ1n) is 8.67. The van der Waals surface area contributed by atoms with Crippen LogP contribution in [-0.4, -0.2) is 16.5 Å². The molecule has 0 amide bonds. The molecule has 4 rings (SSSR count). The molecule has 0 aromatic heterocycles. The molecular weight excluding hydrogens is 248 g/mol. The van der Waals surface area contributed by atoms with Crippen LogP contribution in [0.2, 0.25) is 0 Å². The van der Waals surface area contributed by atoms with Crippen LogP contribution in [0, 0.1) is 35.0 Å². The van der Waals surface area contributed by atoms with E-state index in [1.165, 1.54) is 25.7 Å². The van der Waals surface area contributed by atoms with Crippen LogP contribution in [0.15, 0.2) is 0 Å². The van der Waals surface area contributed by atoms with Gasteiger partial charge >= 0.3 is 0 Å². The predicted molar refractivity (Wildman–Crippen MR) is 78.1 cm³/mol. The fraction of sp³-hybridized carbons (Fsp3) is 0.944. The van der Waals surface area contributed by atoms with Crippen molar-refractivity contribution in [1.29, 1.82) is 0 Å². The number of aliphatic hydroxyl groups is 1. The van der Waals surface area contributed by atoms with Gasteiger partial charge in [-0.2, -0.15) is 0 Å². The second-order valence-electron chi connectivity index (χ2n) is 8.80. The third-order valence-corrected chi connectivity index (χ3v) is 7.55. The van der Waals surface area contributed by atoms with Gasteiger partial charge in [0, 0.05) is 17.3 Å². The molecule has 2 nitrogen and oxygen atoms in total. The number of Topliss-reactive ketones (excluding diaryl/α,β-unsaturated/α-hetero) is 1. The average molecular weight is 276 g/mol. The van der Waals surface area contributed by atoms with E-state index in [0.29, 0.717) is 23.5 Å². The Hall–Kier alpha value is -0.370. The normalized spacial score (nSPS) is 50.0. The number of carbonyl (C=O) groups is 1. The van der Waals surface area contributed by atoms with E-state index in [-0.39, 0.29) is 11.3 Å². The molecule has 0 aliphatic heterocycles. The first-order valence-corrected chi connectivity index (χ1v) is 8.67. The summed E-state index contributed by atoms with van der Waals surface area (Å²) in [5.74, 6) is 3.27. The summed E-state index contributed by atoms with van der Waals surface area (Å²) in [5, 5.41) is 10.7. The Morgan fingerprint density at radius 1 is 1.10 bits per heavy atom. The summed E-state index contributed by atoms with van der Waals surface area (Å²) in [6, 6.07) is 0. The molecule has 6 atom stereocenters. The van der Waals surface area contributed by atoms with Crippen molar-refractivity contribution >= 4 is 5.78 Å². The maximum absolute atomic E-state index is 13.2. The summed E-state index contributed by atoms with van der Waals surface area (Å²) in [6.07, 6.45) is 9.56. The van der Waals surface area contributed by atoms with Crippen LogP contribution in [0.25, 0.3) is 0 Å².